The summed E-state index contributed by atoms with van der Waals surface area (Å²) in [6, 6.07) is 25.2. The Morgan fingerprint density at radius 1 is 0.943 bits per heavy atom. The number of aryl methyl sites for hydroxylation is 1. The lowest BCUT2D eigenvalue weighted by atomic mass is 10.0. The van der Waals surface area contributed by atoms with Crippen molar-refractivity contribution in [2.24, 2.45) is 0 Å². The second kappa shape index (κ2) is 13.6. The Morgan fingerprint density at radius 2 is 1.66 bits per heavy atom. The van der Waals surface area contributed by atoms with E-state index < -0.39 is 6.04 Å². The van der Waals surface area contributed by atoms with E-state index in [1.807, 2.05) is 67.6 Å². The molecule has 1 N–H and O–H groups in total. The molecule has 184 valence electrons. The van der Waals surface area contributed by atoms with E-state index in [0.29, 0.717) is 25.3 Å². The highest BCUT2D eigenvalue weighted by Crippen LogP contribution is 2.21. The summed E-state index contributed by atoms with van der Waals surface area (Å²) >= 11 is 1.57. The second-order valence-corrected chi connectivity index (χ2v) is 9.44. The van der Waals surface area contributed by atoms with Crippen LogP contribution in [0.3, 0.4) is 0 Å². The molecule has 0 spiro atoms. The number of ether oxygens (including phenoxy) is 1. The topological polar surface area (TPSA) is 58.6 Å². The van der Waals surface area contributed by atoms with Crippen LogP contribution in [0.25, 0.3) is 0 Å². The van der Waals surface area contributed by atoms with Crippen molar-refractivity contribution < 1.29 is 14.3 Å². The summed E-state index contributed by atoms with van der Waals surface area (Å²) in [5.41, 5.74) is 4.32. The first-order valence-electron chi connectivity index (χ1n) is 11.9. The Labute approximate surface area is 212 Å². The van der Waals surface area contributed by atoms with E-state index in [9.17, 15) is 9.59 Å². The highest BCUT2D eigenvalue weighted by Gasteiger charge is 2.30. The number of thioether (sulfide) groups is 1. The monoisotopic (exact) mass is 490 g/mol. The zero-order valence-electron chi connectivity index (χ0n) is 20.7. The van der Waals surface area contributed by atoms with E-state index in [4.69, 9.17) is 4.74 Å². The Balaban J connectivity index is 1.84. The van der Waals surface area contributed by atoms with Gasteiger partial charge < -0.3 is 15.0 Å². The number of likely N-dealkylation sites (N-methyl/N-ethyl adjacent to an activating group) is 1. The van der Waals surface area contributed by atoms with Crippen LogP contribution in [0.5, 0.6) is 5.75 Å². The van der Waals surface area contributed by atoms with E-state index in [2.05, 4.69) is 30.4 Å². The molecule has 0 bridgehead atoms. The number of hydrogen-bond donors (Lipinski definition) is 1. The fourth-order valence-electron chi connectivity index (χ4n) is 3.95. The predicted octanol–water partition coefficient (Wildman–Crippen LogP) is 5.01. The number of nitrogens with one attached hydrogen (secondary N) is 1. The third-order valence-corrected chi connectivity index (χ3v) is 6.67. The third kappa shape index (κ3) is 8.18. The molecule has 6 heteroatoms. The van der Waals surface area contributed by atoms with Crippen molar-refractivity contribution >= 4 is 23.6 Å². The maximum Gasteiger partial charge on any atom is 0.243 e. The SMILES string of the molecule is CCNC(=O)[C@H](Cc1ccccc1)N(Cc1cccc(OC)c1)C(=O)CSCc1cccc(C)c1. The summed E-state index contributed by atoms with van der Waals surface area (Å²) in [6.07, 6.45) is 0.449. The standard InChI is InChI=1S/C29H34N2O3S/c1-4-30-29(33)27(18-23-11-6-5-7-12-23)31(19-24-13-9-15-26(17-24)34-3)28(32)21-35-20-25-14-8-10-22(2)16-25/h5-17,27H,4,18-21H2,1-3H3,(H,30,33)/t27-/m0/s1. The fourth-order valence-corrected chi connectivity index (χ4v) is 4.81. The van der Waals surface area contributed by atoms with Gasteiger partial charge >= 0.3 is 0 Å². The summed E-state index contributed by atoms with van der Waals surface area (Å²) < 4.78 is 5.38. The number of hydrogen-bond acceptors (Lipinski definition) is 4. The van der Waals surface area contributed by atoms with Crippen molar-refractivity contribution in [1.82, 2.24) is 10.2 Å². The quantitative estimate of drug-likeness (QED) is 0.388. The Hall–Kier alpha value is -3.25. The van der Waals surface area contributed by atoms with E-state index in [0.717, 1.165) is 22.6 Å². The summed E-state index contributed by atoms with van der Waals surface area (Å²) in [5, 5.41) is 2.93. The number of rotatable bonds is 12. The predicted molar refractivity (Wildman–Crippen MR) is 144 cm³/mol. The van der Waals surface area contributed by atoms with E-state index >= 15 is 0 Å². The van der Waals surface area contributed by atoms with Crippen LogP contribution in [-0.4, -0.2) is 42.2 Å². The van der Waals surface area contributed by atoms with Gasteiger partial charge in [0, 0.05) is 25.3 Å². The highest BCUT2D eigenvalue weighted by atomic mass is 32.2. The molecule has 0 saturated carbocycles. The number of carbonyl (C=O) groups excluding carboxylic acids is 2. The average Bonchev–Trinajstić information content (AvgIpc) is 2.87. The van der Waals surface area contributed by atoms with Gasteiger partial charge in [-0.15, -0.1) is 11.8 Å². The Kier molecular flexibility index (Phi) is 10.2. The van der Waals surface area contributed by atoms with Crippen molar-refractivity contribution in [2.45, 2.75) is 38.6 Å². The minimum atomic E-state index is -0.615. The molecule has 3 rings (SSSR count). The zero-order valence-corrected chi connectivity index (χ0v) is 21.5. The lowest BCUT2D eigenvalue weighted by molar-refractivity contribution is -0.139. The molecule has 5 nitrogen and oxygen atoms in total. The van der Waals surface area contributed by atoms with Gasteiger partial charge in [0.1, 0.15) is 11.8 Å². The molecule has 0 aliphatic carbocycles. The molecule has 35 heavy (non-hydrogen) atoms. The molecule has 0 aliphatic rings. The van der Waals surface area contributed by atoms with Crippen LogP contribution in [-0.2, 0) is 28.3 Å². The minimum Gasteiger partial charge on any atom is -0.497 e. The number of benzene rings is 3. The zero-order chi connectivity index (χ0) is 25.0. The van der Waals surface area contributed by atoms with Gasteiger partial charge in [-0.3, -0.25) is 9.59 Å². The van der Waals surface area contributed by atoms with Crippen LogP contribution >= 0.6 is 11.8 Å². The average molecular weight is 491 g/mol. The first-order chi connectivity index (χ1) is 17.0. The van der Waals surface area contributed by atoms with Gasteiger partial charge in [-0.1, -0.05) is 72.3 Å². The first kappa shape index (κ1) is 26.4. The molecule has 0 aromatic heterocycles. The smallest absolute Gasteiger partial charge is 0.243 e. The van der Waals surface area contributed by atoms with Crippen LogP contribution in [0.15, 0.2) is 78.9 Å². The van der Waals surface area contributed by atoms with Gasteiger partial charge in [0.15, 0.2) is 0 Å². The summed E-state index contributed by atoms with van der Waals surface area (Å²) in [6.45, 7) is 4.79. The van der Waals surface area contributed by atoms with Crippen molar-refractivity contribution in [1.29, 1.82) is 0 Å². The molecule has 3 aromatic rings. The molecule has 0 unspecified atom stereocenters. The number of methoxy groups -OCH3 is 1. The van der Waals surface area contributed by atoms with Crippen molar-refractivity contribution in [3.8, 4) is 5.75 Å². The van der Waals surface area contributed by atoms with Crippen LogP contribution < -0.4 is 10.1 Å². The molecular weight excluding hydrogens is 456 g/mol. The van der Waals surface area contributed by atoms with Gasteiger partial charge in [0.05, 0.1) is 12.9 Å². The summed E-state index contributed by atoms with van der Waals surface area (Å²) in [5.74, 6) is 1.56. The second-order valence-electron chi connectivity index (χ2n) is 8.46. The summed E-state index contributed by atoms with van der Waals surface area (Å²) in [4.78, 5) is 28.5. The molecular formula is C29H34N2O3S. The maximum atomic E-state index is 13.6. The number of carbonyl (C=O) groups is 2. The van der Waals surface area contributed by atoms with E-state index in [1.54, 1.807) is 23.8 Å². The van der Waals surface area contributed by atoms with E-state index in [1.165, 1.54) is 11.1 Å². The molecule has 1 atom stereocenters. The molecule has 0 radical (unpaired) electrons. The molecule has 0 aliphatic heterocycles. The lowest BCUT2D eigenvalue weighted by Crippen LogP contribution is -2.51. The van der Waals surface area contributed by atoms with Gasteiger partial charge in [0.2, 0.25) is 11.8 Å². The van der Waals surface area contributed by atoms with Crippen molar-refractivity contribution in [2.75, 3.05) is 19.4 Å². The normalized spacial score (nSPS) is 11.5. The maximum absolute atomic E-state index is 13.6. The lowest BCUT2D eigenvalue weighted by Gasteiger charge is -2.31. The van der Waals surface area contributed by atoms with Crippen LogP contribution in [0.1, 0.15) is 29.2 Å². The summed E-state index contributed by atoms with van der Waals surface area (Å²) in [7, 11) is 1.62. The molecule has 2 amide bonds. The molecule has 0 fully saturated rings. The minimum absolute atomic E-state index is 0.0577. The molecule has 0 saturated heterocycles. The van der Waals surface area contributed by atoms with Gasteiger partial charge in [-0.2, -0.15) is 0 Å². The number of nitrogens with zero attached hydrogens (tertiary/aromatic N) is 1. The van der Waals surface area contributed by atoms with Gasteiger partial charge in [-0.25, -0.2) is 0 Å². The highest BCUT2D eigenvalue weighted by molar-refractivity contribution is 7.99. The van der Waals surface area contributed by atoms with Crippen LogP contribution in [0.4, 0.5) is 0 Å². The molecule has 0 heterocycles. The van der Waals surface area contributed by atoms with Crippen LogP contribution in [0, 0.1) is 6.92 Å². The fraction of sp³-hybridized carbons (Fsp3) is 0.310. The van der Waals surface area contributed by atoms with Crippen molar-refractivity contribution in [3.63, 3.8) is 0 Å². The Morgan fingerprint density at radius 3 is 2.37 bits per heavy atom. The number of amides is 2. The largest absolute Gasteiger partial charge is 0.497 e. The van der Waals surface area contributed by atoms with Gasteiger partial charge in [-0.05, 0) is 42.7 Å². The van der Waals surface area contributed by atoms with Crippen molar-refractivity contribution in [3.05, 3.63) is 101 Å². The Bertz CT molecular complexity index is 1100. The molecule has 3 aromatic carbocycles. The van der Waals surface area contributed by atoms with Crippen LogP contribution in [0.2, 0.25) is 0 Å². The van der Waals surface area contributed by atoms with Gasteiger partial charge in [0.25, 0.3) is 0 Å². The van der Waals surface area contributed by atoms with E-state index in [-0.39, 0.29) is 11.8 Å². The first-order valence-corrected chi connectivity index (χ1v) is 13.0. The third-order valence-electron chi connectivity index (χ3n) is 5.69.